The maximum absolute atomic E-state index is 12.0. The van der Waals surface area contributed by atoms with Crippen LogP contribution in [-0.2, 0) is 11.3 Å². The molecule has 0 atom stereocenters. The molecule has 1 aromatic carbocycles. The molecule has 0 unspecified atom stereocenters. The van der Waals surface area contributed by atoms with Crippen LogP contribution in [-0.4, -0.2) is 53.6 Å². The van der Waals surface area contributed by atoms with Crippen LogP contribution in [0, 0.1) is 6.92 Å². The van der Waals surface area contributed by atoms with E-state index in [-0.39, 0.29) is 5.91 Å². The maximum atomic E-state index is 12.0. The van der Waals surface area contributed by atoms with Gasteiger partial charge in [0.2, 0.25) is 11.8 Å². The molecule has 1 aromatic heterocycles. The smallest absolute Gasteiger partial charge is 0.240 e. The van der Waals surface area contributed by atoms with E-state index < -0.39 is 0 Å². The van der Waals surface area contributed by atoms with E-state index in [1.165, 1.54) is 5.56 Å². The lowest BCUT2D eigenvalue weighted by atomic mass is 10.2. The Morgan fingerprint density at radius 1 is 1.17 bits per heavy atom. The van der Waals surface area contributed by atoms with Crippen molar-refractivity contribution in [3.05, 3.63) is 47.7 Å². The number of aryl methyl sites for hydroxylation is 1. The Labute approximate surface area is 136 Å². The highest BCUT2D eigenvalue weighted by Crippen LogP contribution is 2.10. The van der Waals surface area contributed by atoms with E-state index in [9.17, 15) is 4.79 Å². The van der Waals surface area contributed by atoms with E-state index in [1.807, 2.05) is 13.0 Å². The predicted octanol–water partition coefficient (Wildman–Crippen LogP) is 1.74. The number of carbonyl (C=O) groups excluding carboxylic acids is 1. The Kier molecular flexibility index (Phi) is 5.05. The summed E-state index contributed by atoms with van der Waals surface area (Å²) in [5, 5.41) is 6.49. The summed E-state index contributed by atoms with van der Waals surface area (Å²) in [7, 11) is 0. The van der Waals surface area contributed by atoms with Crippen LogP contribution >= 0.6 is 0 Å². The standard InChI is InChI=1S/C17H22N4O2/c1-14-11-17(23-19-14)18-16(22)13-21-9-7-20(8-10-21)12-15-5-3-2-4-6-15/h2-6,11H,7-10,12-13H2,1H3,(H,18,22). The lowest BCUT2D eigenvalue weighted by molar-refractivity contribution is -0.117. The summed E-state index contributed by atoms with van der Waals surface area (Å²) in [5.74, 6) is 0.355. The Balaban J connectivity index is 1.41. The van der Waals surface area contributed by atoms with Crippen LogP contribution in [0.2, 0.25) is 0 Å². The van der Waals surface area contributed by atoms with E-state index in [0.29, 0.717) is 12.4 Å². The molecular formula is C17H22N4O2. The van der Waals surface area contributed by atoms with Gasteiger partial charge in [0, 0.05) is 38.8 Å². The number of rotatable bonds is 5. The van der Waals surface area contributed by atoms with Gasteiger partial charge in [-0.25, -0.2) is 0 Å². The number of carbonyl (C=O) groups is 1. The van der Waals surface area contributed by atoms with Crippen LogP contribution in [0.1, 0.15) is 11.3 Å². The monoisotopic (exact) mass is 314 g/mol. The van der Waals surface area contributed by atoms with Crippen molar-refractivity contribution in [2.24, 2.45) is 0 Å². The largest absolute Gasteiger partial charge is 0.338 e. The van der Waals surface area contributed by atoms with Gasteiger partial charge in [-0.3, -0.25) is 19.9 Å². The van der Waals surface area contributed by atoms with Crippen LogP contribution in [0.5, 0.6) is 0 Å². The van der Waals surface area contributed by atoms with Crippen molar-refractivity contribution in [1.29, 1.82) is 0 Å². The summed E-state index contributed by atoms with van der Waals surface area (Å²) in [6, 6.07) is 12.2. The summed E-state index contributed by atoms with van der Waals surface area (Å²) in [5.41, 5.74) is 2.09. The van der Waals surface area contributed by atoms with Gasteiger partial charge in [-0.15, -0.1) is 0 Å². The first-order valence-electron chi connectivity index (χ1n) is 7.91. The second-order valence-corrected chi connectivity index (χ2v) is 5.92. The molecule has 3 rings (SSSR count). The minimum atomic E-state index is -0.0577. The third-order valence-electron chi connectivity index (χ3n) is 3.97. The number of amides is 1. The Morgan fingerprint density at radius 2 is 1.87 bits per heavy atom. The fourth-order valence-corrected chi connectivity index (χ4v) is 2.75. The molecule has 0 aliphatic carbocycles. The third-order valence-corrected chi connectivity index (χ3v) is 3.97. The lowest BCUT2D eigenvalue weighted by Gasteiger charge is -2.34. The molecule has 122 valence electrons. The molecule has 2 aromatic rings. The topological polar surface area (TPSA) is 61.6 Å². The fraction of sp³-hybridized carbons (Fsp3) is 0.412. The first kappa shape index (κ1) is 15.7. The number of benzene rings is 1. The molecular weight excluding hydrogens is 292 g/mol. The van der Waals surface area contributed by atoms with Gasteiger partial charge in [-0.2, -0.15) is 0 Å². The molecule has 1 amide bonds. The number of piperazine rings is 1. The molecule has 23 heavy (non-hydrogen) atoms. The molecule has 0 spiro atoms. The van der Waals surface area contributed by atoms with Crippen LogP contribution in [0.25, 0.3) is 0 Å². The Hall–Kier alpha value is -2.18. The highest BCUT2D eigenvalue weighted by Gasteiger charge is 2.19. The van der Waals surface area contributed by atoms with E-state index in [0.717, 1.165) is 38.4 Å². The van der Waals surface area contributed by atoms with Gasteiger partial charge in [-0.05, 0) is 12.5 Å². The summed E-state index contributed by atoms with van der Waals surface area (Å²) in [6.45, 7) is 6.93. The second kappa shape index (κ2) is 7.39. The number of aromatic nitrogens is 1. The zero-order chi connectivity index (χ0) is 16.1. The highest BCUT2D eigenvalue weighted by atomic mass is 16.5. The number of hydrogen-bond acceptors (Lipinski definition) is 5. The second-order valence-electron chi connectivity index (χ2n) is 5.92. The molecule has 0 saturated carbocycles. The predicted molar refractivity (Wildman–Crippen MR) is 88.0 cm³/mol. The minimum Gasteiger partial charge on any atom is -0.338 e. The lowest BCUT2D eigenvalue weighted by Crippen LogP contribution is -2.48. The number of nitrogens with one attached hydrogen (secondary N) is 1. The molecule has 1 aliphatic heterocycles. The summed E-state index contributed by atoms with van der Waals surface area (Å²) >= 11 is 0. The molecule has 1 aliphatic rings. The first-order chi connectivity index (χ1) is 11.2. The van der Waals surface area contributed by atoms with Crippen molar-refractivity contribution in [3.63, 3.8) is 0 Å². The third kappa shape index (κ3) is 4.64. The molecule has 2 heterocycles. The molecule has 6 heteroatoms. The zero-order valence-corrected chi connectivity index (χ0v) is 13.4. The molecule has 1 N–H and O–H groups in total. The van der Waals surface area contributed by atoms with E-state index in [4.69, 9.17) is 4.52 Å². The highest BCUT2D eigenvalue weighted by molar-refractivity contribution is 5.90. The van der Waals surface area contributed by atoms with Crippen LogP contribution in [0.3, 0.4) is 0 Å². The maximum Gasteiger partial charge on any atom is 0.240 e. The Morgan fingerprint density at radius 3 is 2.52 bits per heavy atom. The van der Waals surface area contributed by atoms with Gasteiger partial charge < -0.3 is 4.52 Å². The molecule has 0 bridgehead atoms. The van der Waals surface area contributed by atoms with Gasteiger partial charge in [0.1, 0.15) is 0 Å². The van der Waals surface area contributed by atoms with Gasteiger partial charge in [-0.1, -0.05) is 35.5 Å². The van der Waals surface area contributed by atoms with Crippen molar-refractivity contribution in [1.82, 2.24) is 15.0 Å². The van der Waals surface area contributed by atoms with E-state index >= 15 is 0 Å². The average Bonchev–Trinajstić information content (AvgIpc) is 2.95. The normalized spacial score (nSPS) is 16.4. The molecule has 6 nitrogen and oxygen atoms in total. The molecule has 1 saturated heterocycles. The summed E-state index contributed by atoms with van der Waals surface area (Å²) in [6.07, 6.45) is 0. The Bertz CT molecular complexity index is 633. The van der Waals surface area contributed by atoms with Crippen LogP contribution in [0.4, 0.5) is 5.88 Å². The van der Waals surface area contributed by atoms with Gasteiger partial charge in [0.05, 0.1) is 12.2 Å². The van der Waals surface area contributed by atoms with Crippen molar-refractivity contribution in [2.45, 2.75) is 13.5 Å². The fourth-order valence-electron chi connectivity index (χ4n) is 2.75. The molecule has 1 fully saturated rings. The number of anilines is 1. The van der Waals surface area contributed by atoms with Gasteiger partial charge in [0.25, 0.3) is 0 Å². The first-order valence-corrected chi connectivity index (χ1v) is 7.91. The van der Waals surface area contributed by atoms with Gasteiger partial charge in [0.15, 0.2) is 0 Å². The van der Waals surface area contributed by atoms with E-state index in [2.05, 4.69) is 44.5 Å². The van der Waals surface area contributed by atoms with Crippen molar-refractivity contribution in [3.8, 4) is 0 Å². The van der Waals surface area contributed by atoms with E-state index in [1.54, 1.807) is 6.07 Å². The summed E-state index contributed by atoms with van der Waals surface area (Å²) in [4.78, 5) is 16.6. The van der Waals surface area contributed by atoms with Crippen molar-refractivity contribution in [2.75, 3.05) is 38.0 Å². The average molecular weight is 314 g/mol. The molecule has 0 radical (unpaired) electrons. The number of nitrogens with zero attached hydrogens (tertiary/aromatic N) is 3. The SMILES string of the molecule is Cc1cc(NC(=O)CN2CCN(Cc3ccccc3)CC2)on1. The quantitative estimate of drug-likeness (QED) is 0.911. The van der Waals surface area contributed by atoms with Crippen LogP contribution < -0.4 is 5.32 Å². The number of hydrogen-bond donors (Lipinski definition) is 1. The van der Waals surface area contributed by atoms with Crippen molar-refractivity contribution < 1.29 is 9.32 Å². The van der Waals surface area contributed by atoms with Crippen molar-refractivity contribution >= 4 is 11.8 Å². The summed E-state index contributed by atoms with van der Waals surface area (Å²) < 4.78 is 5.00. The van der Waals surface area contributed by atoms with Crippen LogP contribution in [0.15, 0.2) is 40.9 Å². The zero-order valence-electron chi connectivity index (χ0n) is 13.4. The minimum absolute atomic E-state index is 0.0577. The van der Waals surface area contributed by atoms with Gasteiger partial charge >= 0.3 is 0 Å².